The van der Waals surface area contributed by atoms with Crippen molar-refractivity contribution in [3.8, 4) is 0 Å². The topological polar surface area (TPSA) is 18.5 Å². The van der Waals surface area contributed by atoms with Crippen LogP contribution >= 0.6 is 0 Å². The second kappa shape index (κ2) is 6.81. The van der Waals surface area contributed by atoms with Crippen molar-refractivity contribution in [3.05, 3.63) is 24.3 Å². The van der Waals surface area contributed by atoms with Crippen molar-refractivity contribution in [1.29, 1.82) is 0 Å². The fraction of sp³-hybridized carbons (Fsp3) is 0.692. The van der Waals surface area contributed by atoms with Gasteiger partial charge in [-0.15, -0.1) is 0 Å². The third-order valence-corrected chi connectivity index (χ3v) is 2.53. The van der Waals surface area contributed by atoms with E-state index in [1.54, 1.807) is 0 Å². The lowest BCUT2D eigenvalue weighted by molar-refractivity contribution is -0.183. The first-order chi connectivity index (χ1) is 7.22. The van der Waals surface area contributed by atoms with Crippen LogP contribution in [-0.4, -0.2) is 19.0 Å². The molecule has 1 rings (SSSR count). The molecule has 1 heterocycles. The monoisotopic (exact) mass is 210 g/mol. The first-order valence-electron chi connectivity index (χ1n) is 5.77. The smallest absolute Gasteiger partial charge is 0.157 e. The van der Waals surface area contributed by atoms with Gasteiger partial charge < -0.3 is 9.47 Å². The van der Waals surface area contributed by atoms with Crippen LogP contribution in [0.1, 0.15) is 39.5 Å². The Bertz CT molecular complexity index is 215. The fourth-order valence-electron chi connectivity index (χ4n) is 1.85. The van der Waals surface area contributed by atoms with Gasteiger partial charge in [-0.05, 0) is 39.5 Å². The molecular formula is C13H22O2. The van der Waals surface area contributed by atoms with E-state index in [4.69, 9.17) is 9.47 Å². The van der Waals surface area contributed by atoms with Crippen LogP contribution in [0.25, 0.3) is 0 Å². The van der Waals surface area contributed by atoms with E-state index in [0.29, 0.717) is 0 Å². The second-order valence-corrected chi connectivity index (χ2v) is 4.20. The SMILES string of the molecule is C=C/C=C(/C)CC(C)OC1CCCCO1. The van der Waals surface area contributed by atoms with Gasteiger partial charge in [0.05, 0.1) is 6.10 Å². The molecule has 1 saturated heterocycles. The maximum absolute atomic E-state index is 5.81. The lowest BCUT2D eigenvalue weighted by Crippen LogP contribution is -2.26. The van der Waals surface area contributed by atoms with Crippen molar-refractivity contribution >= 4 is 0 Å². The normalized spacial score (nSPS) is 24.9. The van der Waals surface area contributed by atoms with Crippen LogP contribution in [0.3, 0.4) is 0 Å². The van der Waals surface area contributed by atoms with E-state index >= 15 is 0 Å². The maximum atomic E-state index is 5.81. The summed E-state index contributed by atoms with van der Waals surface area (Å²) in [6.45, 7) is 8.72. The van der Waals surface area contributed by atoms with Gasteiger partial charge in [-0.1, -0.05) is 24.3 Å². The average molecular weight is 210 g/mol. The van der Waals surface area contributed by atoms with E-state index in [1.165, 1.54) is 18.4 Å². The molecule has 0 radical (unpaired) electrons. The summed E-state index contributed by atoms with van der Waals surface area (Å²) in [6.07, 6.45) is 8.47. The first kappa shape index (κ1) is 12.5. The van der Waals surface area contributed by atoms with E-state index in [1.807, 2.05) is 12.2 Å². The van der Waals surface area contributed by atoms with Gasteiger partial charge in [0.25, 0.3) is 0 Å². The molecule has 0 amide bonds. The molecule has 0 aromatic heterocycles. The molecule has 2 heteroatoms. The second-order valence-electron chi connectivity index (χ2n) is 4.20. The molecular weight excluding hydrogens is 188 g/mol. The van der Waals surface area contributed by atoms with Crippen molar-refractivity contribution in [1.82, 2.24) is 0 Å². The Kier molecular flexibility index (Phi) is 5.66. The van der Waals surface area contributed by atoms with E-state index < -0.39 is 0 Å². The molecule has 0 N–H and O–H groups in total. The third kappa shape index (κ3) is 5.14. The van der Waals surface area contributed by atoms with Crippen molar-refractivity contribution in [3.63, 3.8) is 0 Å². The Labute approximate surface area is 93.0 Å². The minimum absolute atomic E-state index is 0.0188. The van der Waals surface area contributed by atoms with Gasteiger partial charge in [-0.25, -0.2) is 0 Å². The summed E-state index contributed by atoms with van der Waals surface area (Å²) in [5.74, 6) is 0. The lowest BCUT2D eigenvalue weighted by Gasteiger charge is -2.26. The summed E-state index contributed by atoms with van der Waals surface area (Å²) in [5.41, 5.74) is 1.30. The van der Waals surface area contributed by atoms with Crippen LogP contribution in [0.4, 0.5) is 0 Å². The molecule has 0 aromatic carbocycles. The summed E-state index contributed by atoms with van der Waals surface area (Å²) in [7, 11) is 0. The molecule has 1 aliphatic heterocycles. The largest absolute Gasteiger partial charge is 0.353 e. The molecule has 0 aromatic rings. The molecule has 86 valence electrons. The molecule has 2 nitrogen and oxygen atoms in total. The van der Waals surface area contributed by atoms with Crippen LogP contribution < -0.4 is 0 Å². The van der Waals surface area contributed by atoms with E-state index in [2.05, 4.69) is 20.4 Å². The maximum Gasteiger partial charge on any atom is 0.157 e. The summed E-state index contributed by atoms with van der Waals surface area (Å²) >= 11 is 0. The summed E-state index contributed by atoms with van der Waals surface area (Å²) in [5, 5.41) is 0. The lowest BCUT2D eigenvalue weighted by atomic mass is 10.1. The van der Waals surface area contributed by atoms with Gasteiger partial charge in [0.15, 0.2) is 6.29 Å². The number of rotatable bonds is 5. The van der Waals surface area contributed by atoms with E-state index in [-0.39, 0.29) is 12.4 Å². The molecule has 1 aliphatic rings. The Balaban J connectivity index is 2.24. The van der Waals surface area contributed by atoms with Crippen molar-refractivity contribution in [2.45, 2.75) is 51.9 Å². The highest BCUT2D eigenvalue weighted by Crippen LogP contribution is 2.17. The molecule has 0 bridgehead atoms. The molecule has 2 unspecified atom stereocenters. The highest BCUT2D eigenvalue weighted by atomic mass is 16.7. The zero-order chi connectivity index (χ0) is 11.1. The zero-order valence-corrected chi connectivity index (χ0v) is 9.87. The standard InChI is InChI=1S/C13H22O2/c1-4-7-11(2)10-12(3)15-13-8-5-6-9-14-13/h4,7,12-13H,1,5-6,8-10H2,2-3H3/b11-7-. The molecule has 2 atom stereocenters. The van der Waals surface area contributed by atoms with Crippen molar-refractivity contribution < 1.29 is 9.47 Å². The van der Waals surface area contributed by atoms with Crippen LogP contribution in [0.5, 0.6) is 0 Å². The molecule has 0 saturated carbocycles. The van der Waals surface area contributed by atoms with Crippen molar-refractivity contribution in [2.75, 3.05) is 6.61 Å². The van der Waals surface area contributed by atoms with Crippen LogP contribution in [-0.2, 0) is 9.47 Å². The van der Waals surface area contributed by atoms with Crippen LogP contribution in [0, 0.1) is 0 Å². The fourth-order valence-corrected chi connectivity index (χ4v) is 1.85. The predicted octanol–water partition coefficient (Wildman–Crippen LogP) is 3.44. The Hall–Kier alpha value is -0.600. The zero-order valence-electron chi connectivity index (χ0n) is 9.87. The van der Waals surface area contributed by atoms with Gasteiger partial charge >= 0.3 is 0 Å². The third-order valence-electron chi connectivity index (χ3n) is 2.53. The Morgan fingerprint density at radius 3 is 3.00 bits per heavy atom. The molecule has 0 aliphatic carbocycles. The Morgan fingerprint density at radius 1 is 1.60 bits per heavy atom. The highest BCUT2D eigenvalue weighted by molar-refractivity contribution is 5.08. The Morgan fingerprint density at radius 2 is 2.40 bits per heavy atom. The quantitative estimate of drug-likeness (QED) is 0.647. The van der Waals surface area contributed by atoms with Crippen LogP contribution in [0.15, 0.2) is 24.3 Å². The molecule has 0 spiro atoms. The summed E-state index contributed by atoms with van der Waals surface area (Å²) in [4.78, 5) is 0. The molecule has 15 heavy (non-hydrogen) atoms. The minimum Gasteiger partial charge on any atom is -0.353 e. The molecule has 1 fully saturated rings. The number of hydrogen-bond donors (Lipinski definition) is 0. The van der Waals surface area contributed by atoms with Crippen molar-refractivity contribution in [2.24, 2.45) is 0 Å². The van der Waals surface area contributed by atoms with Gasteiger partial charge in [0, 0.05) is 6.61 Å². The highest BCUT2D eigenvalue weighted by Gasteiger charge is 2.16. The van der Waals surface area contributed by atoms with E-state index in [0.717, 1.165) is 19.4 Å². The number of hydrogen-bond acceptors (Lipinski definition) is 2. The number of ether oxygens (including phenoxy) is 2. The summed E-state index contributed by atoms with van der Waals surface area (Å²) < 4.78 is 11.3. The predicted molar refractivity (Wildman–Crippen MR) is 62.7 cm³/mol. The van der Waals surface area contributed by atoms with Gasteiger partial charge in [0.1, 0.15) is 0 Å². The minimum atomic E-state index is 0.0188. The number of allylic oxidation sites excluding steroid dienone is 2. The van der Waals surface area contributed by atoms with Gasteiger partial charge in [-0.3, -0.25) is 0 Å². The first-order valence-corrected chi connectivity index (χ1v) is 5.77. The average Bonchev–Trinajstić information content (AvgIpc) is 2.19. The summed E-state index contributed by atoms with van der Waals surface area (Å²) in [6, 6.07) is 0. The van der Waals surface area contributed by atoms with Gasteiger partial charge in [0.2, 0.25) is 0 Å². The van der Waals surface area contributed by atoms with Gasteiger partial charge in [-0.2, -0.15) is 0 Å². The van der Waals surface area contributed by atoms with E-state index in [9.17, 15) is 0 Å². The van der Waals surface area contributed by atoms with Crippen LogP contribution in [0.2, 0.25) is 0 Å².